The fourth-order valence-electron chi connectivity index (χ4n) is 1.67. The summed E-state index contributed by atoms with van der Waals surface area (Å²) < 4.78 is 6.24. The second-order valence-corrected chi connectivity index (χ2v) is 5.81. The molecular formula is C15H14BrClN2O2. The van der Waals surface area contributed by atoms with Gasteiger partial charge >= 0.3 is 0 Å². The summed E-state index contributed by atoms with van der Waals surface area (Å²) in [6.07, 6.45) is 1.57. The SMILES string of the molecule is CC(C)Oc1ncccc1NC(=O)c1cccc(Br)c1Cl. The van der Waals surface area contributed by atoms with E-state index in [0.717, 1.165) is 0 Å². The Morgan fingerprint density at radius 1 is 1.33 bits per heavy atom. The number of carbonyl (C=O) groups excluding carboxylic acids is 1. The summed E-state index contributed by atoms with van der Waals surface area (Å²) in [5.74, 6) is 0.0647. The molecule has 110 valence electrons. The molecule has 2 aromatic rings. The van der Waals surface area contributed by atoms with Crippen LogP contribution in [0.2, 0.25) is 5.02 Å². The highest BCUT2D eigenvalue weighted by atomic mass is 79.9. The molecular weight excluding hydrogens is 356 g/mol. The molecule has 0 aliphatic heterocycles. The van der Waals surface area contributed by atoms with E-state index in [1.54, 1.807) is 36.5 Å². The molecule has 0 radical (unpaired) electrons. The van der Waals surface area contributed by atoms with Crippen molar-refractivity contribution < 1.29 is 9.53 Å². The third kappa shape index (κ3) is 3.95. The van der Waals surface area contributed by atoms with Crippen LogP contribution in [-0.2, 0) is 0 Å². The van der Waals surface area contributed by atoms with Gasteiger partial charge < -0.3 is 10.1 Å². The zero-order valence-electron chi connectivity index (χ0n) is 11.6. The molecule has 0 unspecified atom stereocenters. The lowest BCUT2D eigenvalue weighted by atomic mass is 10.2. The van der Waals surface area contributed by atoms with Crippen molar-refractivity contribution in [1.82, 2.24) is 4.98 Å². The number of hydrogen-bond donors (Lipinski definition) is 1. The Morgan fingerprint density at radius 3 is 2.81 bits per heavy atom. The summed E-state index contributed by atoms with van der Waals surface area (Å²) >= 11 is 9.42. The normalized spacial score (nSPS) is 10.5. The zero-order chi connectivity index (χ0) is 15.4. The van der Waals surface area contributed by atoms with E-state index in [0.29, 0.717) is 26.6 Å². The van der Waals surface area contributed by atoms with Gasteiger partial charge in [-0.2, -0.15) is 0 Å². The molecule has 0 aliphatic carbocycles. The molecule has 1 aromatic heterocycles. The lowest BCUT2D eigenvalue weighted by molar-refractivity contribution is 0.102. The summed E-state index contributed by atoms with van der Waals surface area (Å²) in [4.78, 5) is 16.5. The quantitative estimate of drug-likeness (QED) is 0.861. The molecule has 0 bridgehead atoms. The summed E-state index contributed by atoms with van der Waals surface area (Å²) in [6, 6.07) is 8.64. The van der Waals surface area contributed by atoms with Crippen LogP contribution < -0.4 is 10.1 Å². The summed E-state index contributed by atoms with van der Waals surface area (Å²) in [5.41, 5.74) is 0.887. The number of pyridine rings is 1. The lowest BCUT2D eigenvalue weighted by Crippen LogP contribution is -2.15. The van der Waals surface area contributed by atoms with Gasteiger partial charge in [0.1, 0.15) is 5.69 Å². The average molecular weight is 370 g/mol. The van der Waals surface area contributed by atoms with Crippen molar-refractivity contribution in [2.24, 2.45) is 0 Å². The van der Waals surface area contributed by atoms with Gasteiger partial charge in [-0.1, -0.05) is 17.7 Å². The molecule has 0 aliphatic rings. The number of halogens is 2. The van der Waals surface area contributed by atoms with Crippen molar-refractivity contribution >= 4 is 39.1 Å². The van der Waals surface area contributed by atoms with Crippen molar-refractivity contribution in [2.45, 2.75) is 20.0 Å². The number of aromatic nitrogens is 1. The fourth-order valence-corrected chi connectivity index (χ4v) is 2.25. The van der Waals surface area contributed by atoms with Crippen LogP contribution in [0.1, 0.15) is 24.2 Å². The standard InChI is InChI=1S/C15H14BrClN2O2/c1-9(2)21-15-12(7-4-8-18-15)19-14(20)10-5-3-6-11(16)13(10)17/h3-9H,1-2H3,(H,19,20). The zero-order valence-corrected chi connectivity index (χ0v) is 13.9. The highest BCUT2D eigenvalue weighted by Gasteiger charge is 2.15. The van der Waals surface area contributed by atoms with Gasteiger partial charge in [-0.3, -0.25) is 4.79 Å². The Hall–Kier alpha value is -1.59. The van der Waals surface area contributed by atoms with Crippen LogP contribution in [0.15, 0.2) is 41.0 Å². The minimum atomic E-state index is -0.317. The Kier molecular flexibility index (Phi) is 5.20. The van der Waals surface area contributed by atoms with E-state index in [2.05, 4.69) is 26.2 Å². The van der Waals surface area contributed by atoms with Crippen molar-refractivity contribution in [3.05, 3.63) is 51.6 Å². The number of nitrogens with zero attached hydrogens (tertiary/aromatic N) is 1. The number of nitrogens with one attached hydrogen (secondary N) is 1. The summed E-state index contributed by atoms with van der Waals surface area (Å²) in [6.45, 7) is 3.79. The molecule has 2 rings (SSSR count). The number of amides is 1. The summed E-state index contributed by atoms with van der Waals surface area (Å²) in [5, 5.41) is 3.13. The van der Waals surface area contributed by atoms with Crippen molar-refractivity contribution in [1.29, 1.82) is 0 Å². The molecule has 1 aromatic carbocycles. The smallest absolute Gasteiger partial charge is 0.257 e. The largest absolute Gasteiger partial charge is 0.473 e. The van der Waals surface area contributed by atoms with E-state index < -0.39 is 0 Å². The van der Waals surface area contributed by atoms with Crippen molar-refractivity contribution in [3.63, 3.8) is 0 Å². The third-order valence-electron chi connectivity index (χ3n) is 2.56. The average Bonchev–Trinajstić information content (AvgIpc) is 2.43. The van der Waals surface area contributed by atoms with Crippen LogP contribution in [0.4, 0.5) is 5.69 Å². The first-order valence-electron chi connectivity index (χ1n) is 6.36. The predicted molar refractivity (Wildman–Crippen MR) is 87.1 cm³/mol. The minimum Gasteiger partial charge on any atom is -0.473 e. The van der Waals surface area contributed by atoms with Gasteiger partial charge in [0.25, 0.3) is 5.91 Å². The molecule has 0 spiro atoms. The fraction of sp³-hybridized carbons (Fsp3) is 0.200. The van der Waals surface area contributed by atoms with Crippen LogP contribution in [0, 0.1) is 0 Å². The number of carbonyl (C=O) groups is 1. The first-order chi connectivity index (χ1) is 9.99. The van der Waals surface area contributed by atoms with Gasteiger partial charge in [-0.15, -0.1) is 0 Å². The highest BCUT2D eigenvalue weighted by molar-refractivity contribution is 9.10. The van der Waals surface area contributed by atoms with Crippen LogP contribution >= 0.6 is 27.5 Å². The van der Waals surface area contributed by atoms with E-state index in [1.165, 1.54) is 0 Å². The van der Waals surface area contributed by atoms with Gasteiger partial charge in [0.05, 0.1) is 16.7 Å². The van der Waals surface area contributed by atoms with Gasteiger partial charge in [-0.05, 0) is 54.0 Å². The van der Waals surface area contributed by atoms with E-state index in [-0.39, 0.29) is 12.0 Å². The van der Waals surface area contributed by atoms with Crippen LogP contribution in [0.25, 0.3) is 0 Å². The van der Waals surface area contributed by atoms with Gasteiger partial charge in [0.15, 0.2) is 0 Å². The van der Waals surface area contributed by atoms with E-state index in [4.69, 9.17) is 16.3 Å². The van der Waals surface area contributed by atoms with Gasteiger partial charge in [-0.25, -0.2) is 4.98 Å². The number of benzene rings is 1. The molecule has 0 fully saturated rings. The Balaban J connectivity index is 2.26. The highest BCUT2D eigenvalue weighted by Crippen LogP contribution is 2.28. The minimum absolute atomic E-state index is 0.0370. The van der Waals surface area contributed by atoms with E-state index in [9.17, 15) is 4.79 Å². The molecule has 0 saturated carbocycles. The molecule has 0 saturated heterocycles. The molecule has 6 heteroatoms. The molecule has 1 heterocycles. The maximum Gasteiger partial charge on any atom is 0.257 e. The van der Waals surface area contributed by atoms with E-state index in [1.807, 2.05) is 13.8 Å². The maximum absolute atomic E-state index is 12.3. The topological polar surface area (TPSA) is 51.2 Å². The second kappa shape index (κ2) is 6.91. The Bertz CT molecular complexity index is 662. The first kappa shape index (κ1) is 15.8. The van der Waals surface area contributed by atoms with Crippen LogP contribution in [-0.4, -0.2) is 17.0 Å². The van der Waals surface area contributed by atoms with Crippen LogP contribution in [0.3, 0.4) is 0 Å². The van der Waals surface area contributed by atoms with Crippen molar-refractivity contribution in [2.75, 3.05) is 5.32 Å². The first-order valence-corrected chi connectivity index (χ1v) is 7.53. The summed E-state index contributed by atoms with van der Waals surface area (Å²) in [7, 11) is 0. The number of hydrogen-bond acceptors (Lipinski definition) is 3. The van der Waals surface area contributed by atoms with Crippen LogP contribution in [0.5, 0.6) is 5.88 Å². The molecule has 1 amide bonds. The van der Waals surface area contributed by atoms with Crippen molar-refractivity contribution in [3.8, 4) is 5.88 Å². The number of anilines is 1. The third-order valence-corrected chi connectivity index (χ3v) is 3.86. The monoisotopic (exact) mass is 368 g/mol. The molecule has 1 N–H and O–H groups in total. The number of rotatable bonds is 4. The molecule has 21 heavy (non-hydrogen) atoms. The maximum atomic E-state index is 12.3. The Labute approximate surface area is 136 Å². The molecule has 4 nitrogen and oxygen atoms in total. The lowest BCUT2D eigenvalue weighted by Gasteiger charge is -2.14. The Morgan fingerprint density at radius 2 is 2.10 bits per heavy atom. The number of ether oxygens (including phenoxy) is 1. The van der Waals surface area contributed by atoms with E-state index >= 15 is 0 Å². The predicted octanol–water partition coefficient (Wildman–Crippen LogP) is 4.54. The van der Waals surface area contributed by atoms with Gasteiger partial charge in [0.2, 0.25) is 5.88 Å². The second-order valence-electron chi connectivity index (χ2n) is 4.58. The van der Waals surface area contributed by atoms with Gasteiger partial charge in [0, 0.05) is 10.7 Å². The molecule has 0 atom stereocenters.